The van der Waals surface area contributed by atoms with Gasteiger partial charge in [-0.05, 0) is 66.9 Å². The van der Waals surface area contributed by atoms with E-state index in [0.29, 0.717) is 47.9 Å². The number of halogens is 2. The number of carbonyl (C=O) groups excluding carboxylic acids is 2. The van der Waals surface area contributed by atoms with Crippen molar-refractivity contribution in [1.29, 1.82) is 0 Å². The van der Waals surface area contributed by atoms with Crippen LogP contribution in [-0.2, 0) is 11.2 Å². The highest BCUT2D eigenvalue weighted by Gasteiger charge is 2.48. The number of benzene rings is 3. The molecule has 1 aliphatic rings. The number of ether oxygens (including phenoxy) is 2. The maximum Gasteiger partial charge on any atom is 0.371 e. The molecule has 204 valence electrons. The van der Waals surface area contributed by atoms with Crippen molar-refractivity contribution >= 4 is 40.8 Å². The van der Waals surface area contributed by atoms with Gasteiger partial charge in [-0.25, -0.2) is 14.5 Å². The maximum absolute atomic E-state index is 16.3. The first kappa shape index (κ1) is 27.9. The number of ketones is 1. The molecular weight excluding hydrogens is 529 g/mol. The molecule has 3 aromatic carbocycles. The average molecular weight is 556 g/mol. The number of hydrogen-bond donors (Lipinski definition) is 3. The molecule has 0 spiro atoms. The summed E-state index contributed by atoms with van der Waals surface area (Å²) in [5.74, 6) is -4.40. The minimum atomic E-state index is -2.75. The third-order valence-corrected chi connectivity index (χ3v) is 6.54. The van der Waals surface area contributed by atoms with Gasteiger partial charge in [0.1, 0.15) is 11.5 Å². The highest BCUT2D eigenvalue weighted by atomic mass is 35.5. The van der Waals surface area contributed by atoms with E-state index in [1.54, 1.807) is 36.4 Å². The molecule has 1 atom stereocenters. The predicted octanol–water partition coefficient (Wildman–Crippen LogP) is 5.60. The van der Waals surface area contributed by atoms with Crippen LogP contribution in [0.15, 0.2) is 66.7 Å². The molecule has 1 saturated heterocycles. The molecule has 39 heavy (non-hydrogen) atoms. The van der Waals surface area contributed by atoms with Crippen LogP contribution in [0.2, 0.25) is 5.02 Å². The lowest BCUT2D eigenvalue weighted by molar-refractivity contribution is -0.191. The molecule has 1 aliphatic heterocycles. The number of hydrogen-bond acceptors (Lipinski definition) is 6. The Morgan fingerprint density at radius 1 is 1.00 bits per heavy atom. The average Bonchev–Trinajstić information content (AvgIpc) is 3.47. The number of carboxylic acids is 1. The van der Waals surface area contributed by atoms with Crippen LogP contribution in [0.3, 0.4) is 0 Å². The van der Waals surface area contributed by atoms with Gasteiger partial charge < -0.3 is 25.2 Å². The molecule has 1 heterocycles. The van der Waals surface area contributed by atoms with E-state index in [0.717, 1.165) is 0 Å². The molecule has 9 nitrogen and oxygen atoms in total. The van der Waals surface area contributed by atoms with Crippen molar-refractivity contribution < 1.29 is 33.4 Å². The first-order valence-electron chi connectivity index (χ1n) is 12.2. The molecule has 0 aromatic heterocycles. The Bertz CT molecular complexity index is 1360. The van der Waals surface area contributed by atoms with Gasteiger partial charge in [-0.15, -0.1) is 0 Å². The van der Waals surface area contributed by atoms with E-state index >= 15 is 4.39 Å². The van der Waals surface area contributed by atoms with E-state index < -0.39 is 23.8 Å². The maximum atomic E-state index is 16.3. The van der Waals surface area contributed by atoms with Crippen LogP contribution in [0, 0.1) is 0 Å². The van der Waals surface area contributed by atoms with Crippen molar-refractivity contribution in [1.82, 2.24) is 4.90 Å². The van der Waals surface area contributed by atoms with Gasteiger partial charge in [-0.1, -0.05) is 29.8 Å². The number of anilines is 2. The van der Waals surface area contributed by atoms with E-state index in [-0.39, 0.29) is 23.5 Å². The summed E-state index contributed by atoms with van der Waals surface area (Å²) < 4.78 is 27.3. The number of Topliss-reactive ketones (excluding diaryl/α,β-unsaturated/α-hetero) is 1. The summed E-state index contributed by atoms with van der Waals surface area (Å²) >= 11 is 6.09. The predicted molar refractivity (Wildman–Crippen MR) is 144 cm³/mol. The SMILES string of the molecule is COc1cc(CC(=O)C(F)(Oc2ccc(C(=O)O)cc2)N2CCCC2)ccc1NC(=O)Nc1ccccc1Cl. The van der Waals surface area contributed by atoms with Crippen LogP contribution < -0.4 is 20.1 Å². The van der Waals surface area contributed by atoms with Gasteiger partial charge in [0, 0.05) is 19.5 Å². The van der Waals surface area contributed by atoms with Crippen LogP contribution in [0.25, 0.3) is 0 Å². The van der Waals surface area contributed by atoms with Crippen LogP contribution in [0.4, 0.5) is 20.6 Å². The number of urea groups is 1. The number of nitrogens with one attached hydrogen (secondary N) is 2. The first-order chi connectivity index (χ1) is 18.7. The summed E-state index contributed by atoms with van der Waals surface area (Å²) in [6.07, 6.45) is 1.11. The third-order valence-electron chi connectivity index (χ3n) is 6.21. The molecular formula is C28H27ClFN3O6. The molecule has 1 unspecified atom stereocenters. The van der Waals surface area contributed by atoms with E-state index in [4.69, 9.17) is 26.2 Å². The Morgan fingerprint density at radius 3 is 2.31 bits per heavy atom. The second-order valence-electron chi connectivity index (χ2n) is 8.88. The molecule has 4 rings (SSSR count). The zero-order chi connectivity index (χ0) is 28.0. The number of carbonyl (C=O) groups is 3. The number of alkyl halides is 1. The Hall–Kier alpha value is -4.15. The van der Waals surface area contributed by atoms with E-state index in [1.165, 1.54) is 42.3 Å². The smallest absolute Gasteiger partial charge is 0.371 e. The van der Waals surface area contributed by atoms with Crippen LogP contribution in [0.5, 0.6) is 11.5 Å². The number of amides is 2. The quantitative estimate of drug-likeness (QED) is 0.279. The second kappa shape index (κ2) is 12.1. The highest BCUT2D eigenvalue weighted by Crippen LogP contribution is 2.32. The zero-order valence-corrected chi connectivity index (χ0v) is 21.8. The minimum absolute atomic E-state index is 0.0145. The molecule has 3 N–H and O–H groups in total. The van der Waals surface area contributed by atoms with Crippen molar-refractivity contribution in [2.75, 3.05) is 30.8 Å². The number of aromatic carboxylic acids is 1. The van der Waals surface area contributed by atoms with Gasteiger partial charge >= 0.3 is 18.0 Å². The summed E-state index contributed by atoms with van der Waals surface area (Å²) in [4.78, 5) is 38.3. The van der Waals surface area contributed by atoms with Gasteiger partial charge in [0.05, 0.1) is 29.1 Å². The Morgan fingerprint density at radius 2 is 1.67 bits per heavy atom. The largest absolute Gasteiger partial charge is 0.495 e. The Kier molecular flexibility index (Phi) is 8.68. The van der Waals surface area contributed by atoms with Crippen LogP contribution in [0.1, 0.15) is 28.8 Å². The van der Waals surface area contributed by atoms with E-state index in [2.05, 4.69) is 10.6 Å². The summed E-state index contributed by atoms with van der Waals surface area (Å²) in [5, 5.41) is 14.8. The van der Waals surface area contributed by atoms with Crippen LogP contribution in [-0.4, -0.2) is 54.0 Å². The lowest BCUT2D eigenvalue weighted by Gasteiger charge is -2.33. The minimum Gasteiger partial charge on any atom is -0.495 e. The first-order valence-corrected chi connectivity index (χ1v) is 12.6. The normalized spacial score (nSPS) is 14.7. The summed E-state index contributed by atoms with van der Waals surface area (Å²) in [7, 11) is 1.41. The van der Waals surface area contributed by atoms with Crippen molar-refractivity contribution in [3.63, 3.8) is 0 Å². The Labute approximate surface area is 229 Å². The summed E-state index contributed by atoms with van der Waals surface area (Å²) in [6.45, 7) is 0.671. The topological polar surface area (TPSA) is 117 Å². The molecule has 1 fully saturated rings. The van der Waals surface area contributed by atoms with Crippen molar-refractivity contribution in [3.8, 4) is 11.5 Å². The third kappa shape index (κ3) is 6.65. The fourth-order valence-corrected chi connectivity index (χ4v) is 4.39. The van der Waals surface area contributed by atoms with Crippen LogP contribution >= 0.6 is 11.6 Å². The number of likely N-dealkylation sites (tertiary alicyclic amines) is 1. The highest BCUT2D eigenvalue weighted by molar-refractivity contribution is 6.33. The van der Waals surface area contributed by atoms with E-state index in [9.17, 15) is 14.4 Å². The molecule has 0 bridgehead atoms. The fourth-order valence-electron chi connectivity index (χ4n) is 4.21. The molecule has 0 saturated carbocycles. The lowest BCUT2D eigenvalue weighted by Crippen LogP contribution is -2.55. The number of methoxy groups -OCH3 is 1. The second-order valence-corrected chi connectivity index (χ2v) is 9.29. The van der Waals surface area contributed by atoms with Crippen molar-refractivity contribution in [2.24, 2.45) is 0 Å². The summed E-state index contributed by atoms with van der Waals surface area (Å²) in [6, 6.07) is 16.1. The summed E-state index contributed by atoms with van der Waals surface area (Å²) in [5.41, 5.74) is 1.22. The number of rotatable bonds is 10. The van der Waals surface area contributed by atoms with Gasteiger partial charge in [0.25, 0.3) is 0 Å². The van der Waals surface area contributed by atoms with Gasteiger partial charge in [0.2, 0.25) is 5.78 Å². The van der Waals surface area contributed by atoms with Crippen molar-refractivity contribution in [2.45, 2.75) is 25.2 Å². The number of carboxylic acid groups (broad SMARTS) is 1. The molecule has 2 amide bonds. The number of para-hydroxylation sites is 1. The molecule has 0 radical (unpaired) electrons. The fraction of sp³-hybridized carbons (Fsp3) is 0.250. The van der Waals surface area contributed by atoms with Gasteiger partial charge in [-0.3, -0.25) is 4.79 Å². The molecule has 11 heteroatoms. The Balaban J connectivity index is 1.50. The monoisotopic (exact) mass is 555 g/mol. The van der Waals surface area contributed by atoms with E-state index in [1.807, 2.05) is 0 Å². The lowest BCUT2D eigenvalue weighted by atomic mass is 10.1. The van der Waals surface area contributed by atoms with Gasteiger partial charge in [-0.2, -0.15) is 4.39 Å². The number of nitrogens with zero attached hydrogens (tertiary/aromatic N) is 1. The zero-order valence-electron chi connectivity index (χ0n) is 21.1. The van der Waals surface area contributed by atoms with Gasteiger partial charge in [0.15, 0.2) is 0 Å². The molecule has 3 aromatic rings. The molecule has 0 aliphatic carbocycles. The standard InChI is InChI=1S/C28H27ClFN3O6/c1-38-24-16-18(8-13-23(24)32-27(37)31-22-7-3-2-6-21(22)29)17-25(34)28(30,33-14-4-5-15-33)39-20-11-9-19(10-12-20)26(35)36/h2-3,6-13,16H,4-5,14-15,17H2,1H3,(H,35,36)(H2,31,32,37). The van der Waals surface area contributed by atoms with Crippen molar-refractivity contribution in [3.05, 3.63) is 82.9 Å².